The summed E-state index contributed by atoms with van der Waals surface area (Å²) in [6.45, 7) is 0. The maximum Gasteiger partial charge on any atom is 0.165 e. The van der Waals surface area contributed by atoms with Gasteiger partial charge >= 0.3 is 0 Å². The summed E-state index contributed by atoms with van der Waals surface area (Å²) < 4.78 is 1.57. The highest BCUT2D eigenvalue weighted by atomic mass is 32.1. The van der Waals surface area contributed by atoms with Crippen LogP contribution in [0.2, 0.25) is 0 Å². The third-order valence-electron chi connectivity index (χ3n) is 3.16. The topological polar surface area (TPSA) is 64.8 Å². The standard InChI is InChI=1S/C12H11N3O2S/c16-8-4-9(11-2-1-3-18-11)12(10(17)5-8)15-7-13-6-14-15/h1-3,6-7,9,12H,4-5H2/t9-,12+/m0/s1. The van der Waals surface area contributed by atoms with Gasteiger partial charge in [0.05, 0.1) is 6.42 Å². The third-order valence-corrected chi connectivity index (χ3v) is 4.16. The maximum atomic E-state index is 12.1. The molecule has 2 atom stereocenters. The second-order valence-electron chi connectivity index (χ2n) is 4.33. The molecule has 6 heteroatoms. The molecule has 3 rings (SSSR count). The molecule has 0 aliphatic heterocycles. The van der Waals surface area contributed by atoms with Crippen molar-refractivity contribution in [3.8, 4) is 0 Å². The number of carbonyl (C=O) groups excluding carboxylic acids is 2. The Labute approximate surface area is 107 Å². The fourth-order valence-electron chi connectivity index (χ4n) is 2.40. The van der Waals surface area contributed by atoms with E-state index in [1.54, 1.807) is 22.3 Å². The van der Waals surface area contributed by atoms with Gasteiger partial charge in [-0.2, -0.15) is 5.10 Å². The van der Waals surface area contributed by atoms with E-state index in [-0.39, 0.29) is 23.9 Å². The lowest BCUT2D eigenvalue weighted by Gasteiger charge is -2.28. The van der Waals surface area contributed by atoms with Crippen molar-refractivity contribution in [1.29, 1.82) is 0 Å². The minimum atomic E-state index is -0.399. The molecule has 1 fully saturated rings. The van der Waals surface area contributed by atoms with Gasteiger partial charge in [-0.3, -0.25) is 9.59 Å². The van der Waals surface area contributed by atoms with E-state index in [9.17, 15) is 9.59 Å². The lowest BCUT2D eigenvalue weighted by atomic mass is 9.82. The quantitative estimate of drug-likeness (QED) is 0.770. The van der Waals surface area contributed by atoms with Crippen LogP contribution in [0.25, 0.3) is 0 Å². The summed E-state index contributed by atoms with van der Waals surface area (Å²) in [5.41, 5.74) is 0. The van der Waals surface area contributed by atoms with Crippen molar-refractivity contribution < 1.29 is 9.59 Å². The summed E-state index contributed by atoms with van der Waals surface area (Å²) >= 11 is 1.57. The molecule has 1 saturated carbocycles. The summed E-state index contributed by atoms with van der Waals surface area (Å²) in [5.74, 6) is -0.176. The van der Waals surface area contributed by atoms with Gasteiger partial charge in [0.15, 0.2) is 5.78 Å². The third kappa shape index (κ3) is 1.88. The van der Waals surface area contributed by atoms with E-state index in [2.05, 4.69) is 10.1 Å². The number of aromatic nitrogens is 3. The molecule has 92 valence electrons. The first kappa shape index (κ1) is 11.3. The Balaban J connectivity index is 2.01. The zero-order valence-corrected chi connectivity index (χ0v) is 10.3. The molecule has 0 N–H and O–H groups in total. The van der Waals surface area contributed by atoms with E-state index >= 15 is 0 Å². The number of hydrogen-bond donors (Lipinski definition) is 0. The molecule has 0 amide bonds. The number of hydrogen-bond acceptors (Lipinski definition) is 5. The highest BCUT2D eigenvalue weighted by Gasteiger charge is 2.39. The van der Waals surface area contributed by atoms with Gasteiger partial charge in [-0.1, -0.05) is 6.07 Å². The molecule has 18 heavy (non-hydrogen) atoms. The van der Waals surface area contributed by atoms with Gasteiger partial charge in [0.25, 0.3) is 0 Å². The van der Waals surface area contributed by atoms with Crippen LogP contribution in [-0.2, 0) is 9.59 Å². The first-order valence-corrected chi connectivity index (χ1v) is 6.55. The van der Waals surface area contributed by atoms with E-state index < -0.39 is 6.04 Å². The normalized spacial score (nSPS) is 24.4. The summed E-state index contributed by atoms with van der Waals surface area (Å²) in [5, 5.41) is 6.01. The SMILES string of the molecule is O=C1CC(=O)[C@H](n2cncn2)[C@H](c2cccs2)C1. The number of Topliss-reactive ketones (excluding diaryl/α,β-unsaturated/α-hetero) is 2. The van der Waals surface area contributed by atoms with Crippen LogP contribution in [0.4, 0.5) is 0 Å². The predicted octanol–water partition coefficient (Wildman–Crippen LogP) is 1.60. The number of nitrogens with zero attached hydrogens (tertiary/aromatic N) is 3. The first-order chi connectivity index (χ1) is 8.75. The van der Waals surface area contributed by atoms with Crippen LogP contribution >= 0.6 is 11.3 Å². The van der Waals surface area contributed by atoms with Crippen LogP contribution in [0.3, 0.4) is 0 Å². The number of carbonyl (C=O) groups is 2. The lowest BCUT2D eigenvalue weighted by Crippen LogP contribution is -2.34. The molecule has 0 bridgehead atoms. The monoisotopic (exact) mass is 261 g/mol. The van der Waals surface area contributed by atoms with Gasteiger partial charge in [-0.25, -0.2) is 9.67 Å². The van der Waals surface area contributed by atoms with E-state index in [0.29, 0.717) is 6.42 Å². The van der Waals surface area contributed by atoms with E-state index in [1.165, 1.54) is 6.33 Å². The van der Waals surface area contributed by atoms with Crippen molar-refractivity contribution in [1.82, 2.24) is 14.8 Å². The second kappa shape index (κ2) is 4.45. The Morgan fingerprint density at radius 2 is 2.28 bits per heavy atom. The first-order valence-electron chi connectivity index (χ1n) is 5.67. The predicted molar refractivity (Wildman–Crippen MR) is 65.4 cm³/mol. The lowest BCUT2D eigenvalue weighted by molar-refractivity contribution is -0.133. The highest BCUT2D eigenvalue weighted by molar-refractivity contribution is 7.10. The zero-order valence-electron chi connectivity index (χ0n) is 9.52. The minimum absolute atomic E-state index is 0.00635. The molecule has 2 aromatic heterocycles. The van der Waals surface area contributed by atoms with Crippen LogP contribution in [0.1, 0.15) is 29.7 Å². The Bertz CT molecular complexity index is 562. The van der Waals surface area contributed by atoms with Crippen LogP contribution in [0.15, 0.2) is 30.2 Å². The van der Waals surface area contributed by atoms with Crippen molar-refractivity contribution in [3.63, 3.8) is 0 Å². The Hall–Kier alpha value is -1.82. The smallest absolute Gasteiger partial charge is 0.165 e. The van der Waals surface area contributed by atoms with Crippen molar-refractivity contribution in [2.45, 2.75) is 24.8 Å². The number of rotatable bonds is 2. The van der Waals surface area contributed by atoms with Gasteiger partial charge < -0.3 is 0 Å². The maximum absolute atomic E-state index is 12.1. The molecule has 0 radical (unpaired) electrons. The minimum Gasteiger partial charge on any atom is -0.299 e. The van der Waals surface area contributed by atoms with E-state index in [0.717, 1.165) is 4.88 Å². The van der Waals surface area contributed by atoms with Gasteiger partial charge in [-0.05, 0) is 11.4 Å². The Morgan fingerprint density at radius 3 is 2.94 bits per heavy atom. The Morgan fingerprint density at radius 1 is 1.39 bits per heavy atom. The molecule has 0 unspecified atom stereocenters. The largest absolute Gasteiger partial charge is 0.299 e. The van der Waals surface area contributed by atoms with Crippen molar-refractivity contribution in [2.75, 3.05) is 0 Å². The summed E-state index contributed by atoms with van der Waals surface area (Å²) in [6.07, 6.45) is 3.36. The van der Waals surface area contributed by atoms with Crippen LogP contribution < -0.4 is 0 Å². The second-order valence-corrected chi connectivity index (χ2v) is 5.31. The van der Waals surface area contributed by atoms with E-state index in [4.69, 9.17) is 0 Å². The van der Waals surface area contributed by atoms with Crippen molar-refractivity contribution in [3.05, 3.63) is 35.0 Å². The molecular formula is C12H11N3O2S. The van der Waals surface area contributed by atoms with Gasteiger partial charge in [0.2, 0.25) is 0 Å². The average Bonchev–Trinajstić information content (AvgIpc) is 3.01. The molecule has 1 aliphatic rings. The van der Waals surface area contributed by atoms with Crippen LogP contribution in [0, 0.1) is 0 Å². The molecule has 2 heterocycles. The van der Waals surface area contributed by atoms with E-state index in [1.807, 2.05) is 17.5 Å². The summed E-state index contributed by atoms with van der Waals surface area (Å²) in [6, 6.07) is 3.50. The molecule has 1 aliphatic carbocycles. The summed E-state index contributed by atoms with van der Waals surface area (Å²) in [7, 11) is 0. The number of ketones is 2. The fourth-order valence-corrected chi connectivity index (χ4v) is 3.26. The van der Waals surface area contributed by atoms with Crippen LogP contribution in [-0.4, -0.2) is 26.3 Å². The fraction of sp³-hybridized carbons (Fsp3) is 0.333. The van der Waals surface area contributed by atoms with Crippen molar-refractivity contribution in [2.24, 2.45) is 0 Å². The molecule has 0 aromatic carbocycles. The number of thiophene rings is 1. The molecular weight excluding hydrogens is 250 g/mol. The zero-order chi connectivity index (χ0) is 12.5. The molecule has 5 nitrogen and oxygen atoms in total. The van der Waals surface area contributed by atoms with Gasteiger partial charge in [0, 0.05) is 17.2 Å². The highest BCUT2D eigenvalue weighted by Crippen LogP contribution is 2.39. The average molecular weight is 261 g/mol. The summed E-state index contributed by atoms with van der Waals surface area (Å²) in [4.78, 5) is 28.7. The molecule has 0 saturated heterocycles. The molecule has 0 spiro atoms. The van der Waals surface area contributed by atoms with Gasteiger partial charge in [-0.15, -0.1) is 11.3 Å². The van der Waals surface area contributed by atoms with Gasteiger partial charge in [0.1, 0.15) is 24.5 Å². The van der Waals surface area contributed by atoms with Crippen LogP contribution in [0.5, 0.6) is 0 Å². The Kier molecular flexibility index (Phi) is 2.79. The van der Waals surface area contributed by atoms with Crippen molar-refractivity contribution >= 4 is 22.9 Å². The molecule has 2 aromatic rings.